The number of pyridine rings is 1. The SMILES string of the molecule is Cc1ccc(CNC(=O)c2ccnc(NCc3ccccn3)n2)cc1. The van der Waals surface area contributed by atoms with Crippen LogP contribution in [-0.2, 0) is 13.1 Å². The summed E-state index contributed by atoms with van der Waals surface area (Å²) in [7, 11) is 0. The Morgan fingerprint density at radius 2 is 1.80 bits per heavy atom. The lowest BCUT2D eigenvalue weighted by atomic mass is 10.1. The van der Waals surface area contributed by atoms with Crippen LogP contribution in [0.15, 0.2) is 60.9 Å². The van der Waals surface area contributed by atoms with E-state index in [2.05, 4.69) is 25.6 Å². The minimum Gasteiger partial charge on any atom is -0.349 e. The molecule has 0 saturated heterocycles. The molecule has 126 valence electrons. The van der Waals surface area contributed by atoms with Gasteiger partial charge in [-0.25, -0.2) is 9.97 Å². The Balaban J connectivity index is 1.58. The highest BCUT2D eigenvalue weighted by molar-refractivity contribution is 5.92. The number of aryl methyl sites for hydroxylation is 1. The summed E-state index contributed by atoms with van der Waals surface area (Å²) in [6.45, 7) is 2.98. The number of rotatable bonds is 6. The molecule has 0 aliphatic heterocycles. The standard InChI is InChI=1S/C19H19N5O/c1-14-5-7-15(8-6-14)12-22-18(25)17-9-11-21-19(24-17)23-13-16-4-2-3-10-20-16/h2-11H,12-13H2,1H3,(H,22,25)(H,21,23,24). The zero-order valence-corrected chi connectivity index (χ0v) is 13.9. The van der Waals surface area contributed by atoms with Crippen molar-refractivity contribution in [3.05, 3.63) is 83.4 Å². The van der Waals surface area contributed by atoms with Crippen molar-refractivity contribution in [1.82, 2.24) is 20.3 Å². The van der Waals surface area contributed by atoms with Crippen molar-refractivity contribution in [1.29, 1.82) is 0 Å². The first-order chi connectivity index (χ1) is 12.2. The van der Waals surface area contributed by atoms with Crippen LogP contribution in [0.3, 0.4) is 0 Å². The zero-order valence-electron chi connectivity index (χ0n) is 13.9. The Hall–Kier alpha value is -3.28. The maximum absolute atomic E-state index is 12.3. The molecule has 0 unspecified atom stereocenters. The summed E-state index contributed by atoms with van der Waals surface area (Å²) in [5, 5.41) is 5.94. The molecule has 0 atom stereocenters. The van der Waals surface area contributed by atoms with Gasteiger partial charge in [-0.15, -0.1) is 0 Å². The average molecular weight is 333 g/mol. The van der Waals surface area contributed by atoms with E-state index in [1.165, 1.54) is 5.56 Å². The summed E-state index contributed by atoms with van der Waals surface area (Å²) < 4.78 is 0. The molecule has 0 aliphatic carbocycles. The largest absolute Gasteiger partial charge is 0.349 e. The first-order valence-electron chi connectivity index (χ1n) is 8.01. The van der Waals surface area contributed by atoms with Crippen LogP contribution in [0.1, 0.15) is 27.3 Å². The van der Waals surface area contributed by atoms with Crippen LogP contribution in [0.4, 0.5) is 5.95 Å². The highest BCUT2D eigenvalue weighted by atomic mass is 16.1. The molecule has 0 spiro atoms. The average Bonchev–Trinajstić information content (AvgIpc) is 2.67. The van der Waals surface area contributed by atoms with E-state index in [-0.39, 0.29) is 5.91 Å². The molecule has 3 aromatic rings. The molecule has 0 saturated carbocycles. The maximum atomic E-state index is 12.3. The molecule has 1 amide bonds. The minimum atomic E-state index is -0.233. The summed E-state index contributed by atoms with van der Waals surface area (Å²) in [5.74, 6) is 0.164. The van der Waals surface area contributed by atoms with E-state index < -0.39 is 0 Å². The number of hydrogen-bond acceptors (Lipinski definition) is 5. The van der Waals surface area contributed by atoms with E-state index in [4.69, 9.17) is 0 Å². The molecule has 0 aliphatic rings. The van der Waals surface area contributed by atoms with Gasteiger partial charge >= 0.3 is 0 Å². The molecule has 0 radical (unpaired) electrons. The van der Waals surface area contributed by atoms with Crippen LogP contribution in [0.5, 0.6) is 0 Å². The molecule has 2 heterocycles. The molecule has 3 rings (SSSR count). The summed E-state index contributed by atoms with van der Waals surface area (Å²) in [6.07, 6.45) is 3.29. The molecule has 2 aromatic heterocycles. The van der Waals surface area contributed by atoms with E-state index in [0.717, 1.165) is 11.3 Å². The van der Waals surface area contributed by atoms with Gasteiger partial charge < -0.3 is 10.6 Å². The van der Waals surface area contributed by atoms with Crippen molar-refractivity contribution in [3.63, 3.8) is 0 Å². The van der Waals surface area contributed by atoms with Gasteiger partial charge in [-0.3, -0.25) is 9.78 Å². The van der Waals surface area contributed by atoms with E-state index in [9.17, 15) is 4.79 Å². The van der Waals surface area contributed by atoms with Crippen LogP contribution in [0, 0.1) is 6.92 Å². The van der Waals surface area contributed by atoms with Gasteiger partial charge in [-0.1, -0.05) is 35.9 Å². The van der Waals surface area contributed by atoms with Crippen LogP contribution in [0.25, 0.3) is 0 Å². The number of carbonyl (C=O) groups is 1. The number of carbonyl (C=O) groups excluding carboxylic acids is 1. The number of hydrogen-bond donors (Lipinski definition) is 2. The van der Waals surface area contributed by atoms with Gasteiger partial charge in [0, 0.05) is 18.9 Å². The number of nitrogens with one attached hydrogen (secondary N) is 2. The van der Waals surface area contributed by atoms with E-state index in [1.807, 2.05) is 49.4 Å². The van der Waals surface area contributed by atoms with E-state index in [1.54, 1.807) is 18.5 Å². The van der Waals surface area contributed by atoms with Crippen molar-refractivity contribution in [2.45, 2.75) is 20.0 Å². The molecule has 6 heteroatoms. The predicted octanol–water partition coefficient (Wildman–Crippen LogP) is 2.72. The lowest BCUT2D eigenvalue weighted by Gasteiger charge is -2.07. The third-order valence-electron chi connectivity index (χ3n) is 3.62. The second kappa shape index (κ2) is 8.01. The van der Waals surface area contributed by atoms with Crippen molar-refractivity contribution in [3.8, 4) is 0 Å². The summed E-state index contributed by atoms with van der Waals surface area (Å²) in [6, 6.07) is 15.3. The Bertz CT molecular complexity index is 834. The van der Waals surface area contributed by atoms with Crippen molar-refractivity contribution < 1.29 is 4.79 Å². The lowest BCUT2D eigenvalue weighted by Crippen LogP contribution is -2.24. The third kappa shape index (κ3) is 4.84. The van der Waals surface area contributed by atoms with E-state index >= 15 is 0 Å². The Labute approximate surface area is 146 Å². The van der Waals surface area contributed by atoms with Crippen molar-refractivity contribution >= 4 is 11.9 Å². The lowest BCUT2D eigenvalue weighted by molar-refractivity contribution is 0.0946. The number of aromatic nitrogens is 3. The topological polar surface area (TPSA) is 79.8 Å². The van der Waals surface area contributed by atoms with Gasteiger partial charge in [0.05, 0.1) is 12.2 Å². The van der Waals surface area contributed by atoms with Crippen molar-refractivity contribution in [2.24, 2.45) is 0 Å². The first kappa shape index (κ1) is 16.6. The highest BCUT2D eigenvalue weighted by Gasteiger charge is 2.08. The van der Waals surface area contributed by atoms with Gasteiger partial charge in [0.2, 0.25) is 5.95 Å². The second-order valence-corrected chi connectivity index (χ2v) is 5.61. The zero-order chi connectivity index (χ0) is 17.5. The molecule has 2 N–H and O–H groups in total. The van der Waals surface area contributed by atoms with Gasteiger partial charge in [0.25, 0.3) is 5.91 Å². The van der Waals surface area contributed by atoms with Crippen molar-refractivity contribution in [2.75, 3.05) is 5.32 Å². The molecular weight excluding hydrogens is 314 g/mol. The fourth-order valence-electron chi connectivity index (χ4n) is 2.22. The van der Waals surface area contributed by atoms with Gasteiger partial charge in [0.1, 0.15) is 5.69 Å². The van der Waals surface area contributed by atoms with Gasteiger partial charge in [0.15, 0.2) is 0 Å². The number of amides is 1. The Morgan fingerprint density at radius 1 is 0.960 bits per heavy atom. The first-order valence-corrected chi connectivity index (χ1v) is 8.01. The monoisotopic (exact) mass is 333 g/mol. The van der Waals surface area contributed by atoms with E-state index in [0.29, 0.717) is 24.7 Å². The summed E-state index contributed by atoms with van der Waals surface area (Å²) in [5.41, 5.74) is 3.43. The number of nitrogens with zero attached hydrogens (tertiary/aromatic N) is 3. The van der Waals surface area contributed by atoms with Crippen LogP contribution in [0.2, 0.25) is 0 Å². The number of anilines is 1. The normalized spacial score (nSPS) is 10.3. The third-order valence-corrected chi connectivity index (χ3v) is 3.62. The molecule has 0 bridgehead atoms. The predicted molar refractivity (Wildman–Crippen MR) is 95.9 cm³/mol. The van der Waals surface area contributed by atoms with Crippen LogP contribution < -0.4 is 10.6 Å². The smallest absolute Gasteiger partial charge is 0.270 e. The van der Waals surface area contributed by atoms with Crippen LogP contribution >= 0.6 is 0 Å². The summed E-state index contributed by atoms with van der Waals surface area (Å²) >= 11 is 0. The second-order valence-electron chi connectivity index (χ2n) is 5.61. The minimum absolute atomic E-state index is 0.233. The highest BCUT2D eigenvalue weighted by Crippen LogP contribution is 2.05. The molecule has 0 fully saturated rings. The Kier molecular flexibility index (Phi) is 5.31. The van der Waals surface area contributed by atoms with Crippen LogP contribution in [-0.4, -0.2) is 20.9 Å². The fourth-order valence-corrected chi connectivity index (χ4v) is 2.22. The summed E-state index contributed by atoms with van der Waals surface area (Å²) in [4.78, 5) is 24.9. The maximum Gasteiger partial charge on any atom is 0.270 e. The quantitative estimate of drug-likeness (QED) is 0.725. The fraction of sp³-hybridized carbons (Fsp3) is 0.158. The molecular formula is C19H19N5O. The molecule has 25 heavy (non-hydrogen) atoms. The molecule has 1 aromatic carbocycles. The number of benzene rings is 1. The van der Waals surface area contributed by atoms with Gasteiger partial charge in [-0.2, -0.15) is 0 Å². The Morgan fingerprint density at radius 3 is 2.56 bits per heavy atom. The van der Waals surface area contributed by atoms with Gasteiger partial charge in [-0.05, 0) is 30.7 Å². The molecule has 6 nitrogen and oxygen atoms in total.